The molecule has 0 aliphatic heterocycles. The molecular weight excluding hydrogens is 498 g/mol. The molecule has 7 nitrogen and oxygen atoms in total. The zero-order chi connectivity index (χ0) is 24.1. The zero-order valence-corrected chi connectivity index (χ0v) is 19.3. The molecule has 0 saturated carbocycles. The fourth-order valence-corrected chi connectivity index (χ4v) is 3.82. The van der Waals surface area contributed by atoms with Crippen molar-refractivity contribution in [2.75, 3.05) is 5.32 Å². The minimum absolute atomic E-state index is 0.0607. The number of nitro groups is 1. The third kappa shape index (κ3) is 5.36. The lowest BCUT2D eigenvalue weighted by atomic mass is 10.1. The average Bonchev–Trinajstić information content (AvgIpc) is 2.84. The summed E-state index contributed by atoms with van der Waals surface area (Å²) in [6.07, 6.45) is 1.40. The van der Waals surface area contributed by atoms with E-state index in [9.17, 15) is 19.7 Å². The van der Waals surface area contributed by atoms with E-state index in [2.05, 4.69) is 26.6 Å². The van der Waals surface area contributed by atoms with E-state index in [-0.39, 0.29) is 11.4 Å². The van der Waals surface area contributed by atoms with Crippen molar-refractivity contribution in [3.05, 3.63) is 122 Å². The first-order valence-electron chi connectivity index (χ1n) is 10.2. The molecule has 4 rings (SSSR count). The van der Waals surface area contributed by atoms with Gasteiger partial charge in [0.1, 0.15) is 5.70 Å². The van der Waals surface area contributed by atoms with E-state index in [0.29, 0.717) is 21.3 Å². The van der Waals surface area contributed by atoms with E-state index in [1.807, 2.05) is 36.4 Å². The van der Waals surface area contributed by atoms with Crippen molar-refractivity contribution < 1.29 is 14.5 Å². The number of nitrogens with zero attached hydrogens (tertiary/aromatic N) is 1. The van der Waals surface area contributed by atoms with Gasteiger partial charge in [-0.2, -0.15) is 0 Å². The number of hydrogen-bond donors (Lipinski definition) is 2. The van der Waals surface area contributed by atoms with Gasteiger partial charge < -0.3 is 10.6 Å². The number of carbonyl (C=O) groups excluding carboxylic acids is 2. The smallest absolute Gasteiger partial charge is 0.272 e. The Hall–Kier alpha value is -4.30. The summed E-state index contributed by atoms with van der Waals surface area (Å²) in [6.45, 7) is 0. The molecule has 0 aromatic heterocycles. The average molecular weight is 516 g/mol. The minimum atomic E-state index is -0.567. The molecule has 0 fully saturated rings. The Kier molecular flexibility index (Phi) is 6.79. The van der Waals surface area contributed by atoms with Gasteiger partial charge in [0.2, 0.25) is 0 Å². The molecule has 4 aromatic rings. The van der Waals surface area contributed by atoms with Gasteiger partial charge in [0.05, 0.1) is 10.5 Å². The molecule has 0 atom stereocenters. The summed E-state index contributed by atoms with van der Waals surface area (Å²) in [7, 11) is 0. The van der Waals surface area contributed by atoms with Gasteiger partial charge in [0.25, 0.3) is 17.5 Å². The van der Waals surface area contributed by atoms with E-state index in [1.54, 1.807) is 36.4 Å². The Bertz CT molecular complexity index is 1450. The Morgan fingerprint density at radius 2 is 1.59 bits per heavy atom. The van der Waals surface area contributed by atoms with Gasteiger partial charge in [-0.1, -0.05) is 54.6 Å². The summed E-state index contributed by atoms with van der Waals surface area (Å²) in [6, 6.07) is 25.8. The van der Waals surface area contributed by atoms with Gasteiger partial charge >= 0.3 is 0 Å². The molecule has 168 valence electrons. The zero-order valence-electron chi connectivity index (χ0n) is 17.7. The lowest BCUT2D eigenvalue weighted by molar-refractivity contribution is -0.384. The molecule has 2 N–H and O–H groups in total. The van der Waals surface area contributed by atoms with Crippen LogP contribution >= 0.6 is 15.9 Å². The summed E-state index contributed by atoms with van der Waals surface area (Å²) in [4.78, 5) is 36.7. The lowest BCUT2D eigenvalue weighted by Crippen LogP contribution is -2.31. The molecule has 0 saturated heterocycles. The molecule has 0 bridgehead atoms. The minimum Gasteiger partial charge on any atom is -0.321 e. The van der Waals surface area contributed by atoms with Crippen LogP contribution in [0, 0.1) is 10.1 Å². The van der Waals surface area contributed by atoms with Crippen LogP contribution in [0.15, 0.2) is 101 Å². The highest BCUT2D eigenvalue weighted by Gasteiger charge is 2.17. The van der Waals surface area contributed by atoms with Crippen LogP contribution in [-0.2, 0) is 4.79 Å². The Balaban J connectivity index is 1.67. The predicted octanol–water partition coefficient (Wildman–Crippen LogP) is 5.92. The van der Waals surface area contributed by atoms with Crippen molar-refractivity contribution in [3.63, 3.8) is 0 Å². The van der Waals surface area contributed by atoms with E-state index < -0.39 is 16.7 Å². The molecule has 0 radical (unpaired) electrons. The third-order valence-corrected chi connectivity index (χ3v) is 5.70. The number of benzene rings is 4. The van der Waals surface area contributed by atoms with Crippen LogP contribution in [-0.4, -0.2) is 16.7 Å². The van der Waals surface area contributed by atoms with Crippen molar-refractivity contribution in [2.24, 2.45) is 0 Å². The second kappa shape index (κ2) is 10.1. The monoisotopic (exact) mass is 515 g/mol. The number of hydrogen-bond acceptors (Lipinski definition) is 4. The number of anilines is 1. The van der Waals surface area contributed by atoms with Crippen molar-refractivity contribution in [1.29, 1.82) is 0 Å². The highest BCUT2D eigenvalue weighted by Crippen LogP contribution is 2.21. The summed E-state index contributed by atoms with van der Waals surface area (Å²) in [5, 5.41) is 18.6. The highest BCUT2D eigenvalue weighted by atomic mass is 79.9. The number of nitro benzene ring substituents is 1. The molecule has 0 unspecified atom stereocenters. The van der Waals surface area contributed by atoms with Crippen molar-refractivity contribution >= 4 is 56.0 Å². The summed E-state index contributed by atoms with van der Waals surface area (Å²) in [5.74, 6) is -1.07. The molecular formula is C26H18BrN3O4. The van der Waals surface area contributed by atoms with E-state index >= 15 is 0 Å². The first-order valence-corrected chi connectivity index (χ1v) is 11.0. The number of nitrogens with one attached hydrogen (secondary N) is 2. The van der Waals surface area contributed by atoms with Crippen LogP contribution in [0.2, 0.25) is 0 Å². The number of fused-ring (bicyclic) bond motifs is 1. The maximum Gasteiger partial charge on any atom is 0.272 e. The van der Waals surface area contributed by atoms with Crippen molar-refractivity contribution in [3.8, 4) is 0 Å². The normalized spacial score (nSPS) is 11.1. The highest BCUT2D eigenvalue weighted by molar-refractivity contribution is 9.10. The first-order chi connectivity index (χ1) is 16.4. The summed E-state index contributed by atoms with van der Waals surface area (Å²) >= 11 is 3.34. The second-order valence-corrected chi connectivity index (χ2v) is 8.21. The number of carbonyl (C=O) groups is 2. The number of halogens is 1. The Labute approximate surface area is 203 Å². The first kappa shape index (κ1) is 22.9. The van der Waals surface area contributed by atoms with Crippen LogP contribution < -0.4 is 10.6 Å². The molecule has 0 heterocycles. The van der Waals surface area contributed by atoms with Crippen LogP contribution in [0.4, 0.5) is 11.4 Å². The topological polar surface area (TPSA) is 101 Å². The van der Waals surface area contributed by atoms with E-state index in [4.69, 9.17) is 0 Å². The number of non-ortho nitro benzene ring substituents is 1. The summed E-state index contributed by atoms with van der Waals surface area (Å²) < 4.78 is 0.567. The Morgan fingerprint density at radius 1 is 0.853 bits per heavy atom. The SMILES string of the molecule is O=C(Nc1ccc2ccccc2c1)/C(=C\c1cccc([N+](=O)[O-])c1)NC(=O)c1ccccc1Br. The van der Waals surface area contributed by atoms with Crippen LogP contribution in [0.25, 0.3) is 16.8 Å². The molecule has 2 amide bonds. The van der Waals surface area contributed by atoms with Gasteiger partial charge in [0.15, 0.2) is 0 Å². The van der Waals surface area contributed by atoms with Crippen molar-refractivity contribution in [1.82, 2.24) is 5.32 Å². The van der Waals surface area contributed by atoms with Crippen molar-refractivity contribution in [2.45, 2.75) is 0 Å². The summed E-state index contributed by atoms with van der Waals surface area (Å²) in [5.41, 5.74) is 1.09. The predicted molar refractivity (Wildman–Crippen MR) is 135 cm³/mol. The van der Waals surface area contributed by atoms with Crippen LogP contribution in [0.3, 0.4) is 0 Å². The Morgan fingerprint density at radius 3 is 2.35 bits per heavy atom. The maximum absolute atomic E-state index is 13.2. The molecule has 0 aliphatic carbocycles. The number of rotatable bonds is 6. The van der Waals surface area contributed by atoms with E-state index in [1.165, 1.54) is 24.3 Å². The molecule has 4 aromatic carbocycles. The third-order valence-electron chi connectivity index (χ3n) is 5.01. The number of amides is 2. The maximum atomic E-state index is 13.2. The largest absolute Gasteiger partial charge is 0.321 e. The lowest BCUT2D eigenvalue weighted by Gasteiger charge is -2.12. The standard InChI is InChI=1S/C26H18BrN3O4/c27-23-11-4-3-10-22(23)25(31)29-24(15-17-6-5-9-21(14-17)30(33)34)26(32)28-20-13-12-18-7-1-2-8-19(18)16-20/h1-16H,(H,28,32)(H,29,31)/b24-15+. The van der Waals surface area contributed by atoms with Gasteiger partial charge in [-0.3, -0.25) is 19.7 Å². The molecule has 0 spiro atoms. The van der Waals surface area contributed by atoms with Crippen LogP contribution in [0.1, 0.15) is 15.9 Å². The van der Waals surface area contributed by atoms with Gasteiger partial charge in [-0.05, 0) is 62.6 Å². The van der Waals surface area contributed by atoms with Gasteiger partial charge in [-0.25, -0.2) is 0 Å². The fraction of sp³-hybridized carbons (Fsp3) is 0. The molecule has 0 aliphatic rings. The fourth-order valence-electron chi connectivity index (χ4n) is 3.35. The van der Waals surface area contributed by atoms with E-state index in [0.717, 1.165) is 10.8 Å². The second-order valence-electron chi connectivity index (χ2n) is 7.36. The van der Waals surface area contributed by atoms with Gasteiger partial charge in [0, 0.05) is 22.3 Å². The molecule has 34 heavy (non-hydrogen) atoms. The van der Waals surface area contributed by atoms with Crippen LogP contribution in [0.5, 0.6) is 0 Å². The molecule has 8 heteroatoms. The quantitative estimate of drug-likeness (QED) is 0.189. The van der Waals surface area contributed by atoms with Gasteiger partial charge in [-0.15, -0.1) is 0 Å².